The highest BCUT2D eigenvalue weighted by atomic mass is 79.9. The number of hydrogen-bond acceptors (Lipinski definition) is 3. The van der Waals surface area contributed by atoms with Gasteiger partial charge in [-0.05, 0) is 43.3 Å². The van der Waals surface area contributed by atoms with Gasteiger partial charge in [-0.25, -0.2) is 0 Å². The number of rotatable bonds is 6. The molecule has 0 aliphatic heterocycles. The van der Waals surface area contributed by atoms with Crippen LogP contribution >= 0.6 is 31.9 Å². The Balaban J connectivity index is 1.89. The topological polar surface area (TPSA) is 38.7 Å². The van der Waals surface area contributed by atoms with Crippen molar-refractivity contribution < 1.29 is 14.6 Å². The Kier molecular flexibility index (Phi) is 6.08. The molecule has 0 saturated carbocycles. The van der Waals surface area contributed by atoms with Gasteiger partial charge in [-0.1, -0.05) is 37.9 Å². The average molecular weight is 416 g/mol. The average Bonchev–Trinajstić information content (AvgIpc) is 2.44. The lowest BCUT2D eigenvalue weighted by atomic mass is 10.1. The molecule has 2 aromatic rings. The van der Waals surface area contributed by atoms with E-state index in [1.807, 2.05) is 42.5 Å². The molecule has 0 aliphatic carbocycles. The highest BCUT2D eigenvalue weighted by Gasteiger charge is 2.09. The summed E-state index contributed by atoms with van der Waals surface area (Å²) in [7, 11) is 0. The third-order valence-corrected chi connectivity index (χ3v) is 3.81. The van der Waals surface area contributed by atoms with E-state index in [1.54, 1.807) is 6.92 Å². The number of aliphatic hydroxyl groups excluding tert-OH is 1. The van der Waals surface area contributed by atoms with Gasteiger partial charge >= 0.3 is 0 Å². The minimum atomic E-state index is -0.580. The lowest BCUT2D eigenvalue weighted by molar-refractivity contribution is 0.182. The van der Waals surface area contributed by atoms with Crippen LogP contribution in [0.1, 0.15) is 18.6 Å². The molecule has 3 nitrogen and oxygen atoms in total. The molecule has 112 valence electrons. The lowest BCUT2D eigenvalue weighted by Gasteiger charge is -2.14. The maximum atomic E-state index is 9.76. The Labute approximate surface area is 141 Å². The Morgan fingerprint density at radius 1 is 1.00 bits per heavy atom. The fourth-order valence-electron chi connectivity index (χ4n) is 1.85. The summed E-state index contributed by atoms with van der Waals surface area (Å²) in [5, 5.41) is 9.76. The van der Waals surface area contributed by atoms with Crippen LogP contribution in [0.2, 0.25) is 0 Å². The molecule has 1 unspecified atom stereocenters. The number of halogens is 2. The van der Waals surface area contributed by atoms with Gasteiger partial charge in [0.2, 0.25) is 0 Å². The molecule has 0 bridgehead atoms. The first-order chi connectivity index (χ1) is 10.1. The lowest BCUT2D eigenvalue weighted by Crippen LogP contribution is -2.10. The van der Waals surface area contributed by atoms with Gasteiger partial charge in [-0.2, -0.15) is 0 Å². The van der Waals surface area contributed by atoms with Crippen LogP contribution in [-0.2, 0) is 0 Å². The summed E-state index contributed by atoms with van der Waals surface area (Å²) < 4.78 is 13.2. The predicted octanol–water partition coefficient (Wildman–Crippen LogP) is 4.72. The molecule has 1 N–H and O–H groups in total. The summed E-state index contributed by atoms with van der Waals surface area (Å²) in [6.07, 6.45) is -0.580. The van der Waals surface area contributed by atoms with Crippen molar-refractivity contribution in [1.29, 1.82) is 0 Å². The summed E-state index contributed by atoms with van der Waals surface area (Å²) in [4.78, 5) is 0. The van der Waals surface area contributed by atoms with Gasteiger partial charge in [0.1, 0.15) is 24.7 Å². The second-order valence-electron chi connectivity index (χ2n) is 4.51. The second kappa shape index (κ2) is 7.82. The van der Waals surface area contributed by atoms with Crippen LogP contribution in [0.5, 0.6) is 11.5 Å². The van der Waals surface area contributed by atoms with E-state index in [0.717, 1.165) is 20.3 Å². The molecule has 21 heavy (non-hydrogen) atoms. The molecule has 0 amide bonds. The van der Waals surface area contributed by atoms with E-state index >= 15 is 0 Å². The molecule has 2 rings (SSSR count). The third kappa shape index (κ3) is 5.02. The summed E-state index contributed by atoms with van der Waals surface area (Å²) in [6.45, 7) is 2.56. The van der Waals surface area contributed by atoms with Crippen molar-refractivity contribution >= 4 is 31.9 Å². The van der Waals surface area contributed by atoms with Crippen molar-refractivity contribution in [3.63, 3.8) is 0 Å². The van der Waals surface area contributed by atoms with Gasteiger partial charge in [0.05, 0.1) is 6.10 Å². The van der Waals surface area contributed by atoms with E-state index in [0.29, 0.717) is 19.0 Å². The summed E-state index contributed by atoms with van der Waals surface area (Å²) in [6, 6.07) is 13.2. The normalized spacial score (nSPS) is 12.0. The molecule has 0 radical (unpaired) electrons. The van der Waals surface area contributed by atoms with Crippen LogP contribution < -0.4 is 9.47 Å². The van der Waals surface area contributed by atoms with Crippen molar-refractivity contribution in [2.24, 2.45) is 0 Å². The fourth-order valence-corrected chi connectivity index (χ4v) is 2.60. The van der Waals surface area contributed by atoms with Gasteiger partial charge in [0.15, 0.2) is 0 Å². The Hall–Kier alpha value is -1.04. The number of hydrogen-bond donors (Lipinski definition) is 1. The standard InChI is InChI=1S/C16H16Br2O3/c1-11(19)15-10-13(18)5-6-16(15)21-8-7-20-14-4-2-3-12(17)9-14/h2-6,9-11,19H,7-8H2,1H3. The third-order valence-electron chi connectivity index (χ3n) is 2.83. The van der Waals surface area contributed by atoms with Gasteiger partial charge in [0.25, 0.3) is 0 Å². The largest absolute Gasteiger partial charge is 0.490 e. The predicted molar refractivity (Wildman–Crippen MR) is 89.9 cm³/mol. The molecule has 1 atom stereocenters. The van der Waals surface area contributed by atoms with Gasteiger partial charge in [-0.3, -0.25) is 0 Å². The molecule has 2 aromatic carbocycles. The summed E-state index contributed by atoms with van der Waals surface area (Å²) >= 11 is 6.78. The molecule has 0 aliphatic rings. The van der Waals surface area contributed by atoms with Gasteiger partial charge in [0, 0.05) is 14.5 Å². The van der Waals surface area contributed by atoms with E-state index in [4.69, 9.17) is 9.47 Å². The van der Waals surface area contributed by atoms with Crippen molar-refractivity contribution in [3.8, 4) is 11.5 Å². The van der Waals surface area contributed by atoms with Crippen LogP contribution in [0.25, 0.3) is 0 Å². The molecule has 0 aromatic heterocycles. The van der Waals surface area contributed by atoms with E-state index in [1.165, 1.54) is 0 Å². The van der Waals surface area contributed by atoms with Crippen molar-refractivity contribution in [2.45, 2.75) is 13.0 Å². The van der Waals surface area contributed by atoms with Crippen LogP contribution in [0.15, 0.2) is 51.4 Å². The van der Waals surface area contributed by atoms with E-state index in [9.17, 15) is 5.11 Å². The monoisotopic (exact) mass is 414 g/mol. The molecule has 5 heteroatoms. The van der Waals surface area contributed by atoms with E-state index in [2.05, 4.69) is 31.9 Å². The zero-order chi connectivity index (χ0) is 15.2. The molecule has 0 saturated heterocycles. The molecule has 0 spiro atoms. The van der Waals surface area contributed by atoms with Gasteiger partial charge < -0.3 is 14.6 Å². The quantitative estimate of drug-likeness (QED) is 0.693. The first-order valence-electron chi connectivity index (χ1n) is 6.55. The summed E-state index contributed by atoms with van der Waals surface area (Å²) in [5.74, 6) is 1.46. The highest BCUT2D eigenvalue weighted by molar-refractivity contribution is 9.10. The van der Waals surface area contributed by atoms with Crippen molar-refractivity contribution in [3.05, 3.63) is 57.0 Å². The van der Waals surface area contributed by atoms with E-state index < -0.39 is 6.10 Å². The van der Waals surface area contributed by atoms with Gasteiger partial charge in [-0.15, -0.1) is 0 Å². The smallest absolute Gasteiger partial charge is 0.125 e. The minimum Gasteiger partial charge on any atom is -0.490 e. The first kappa shape index (κ1) is 16.3. The molecular weight excluding hydrogens is 400 g/mol. The Morgan fingerprint density at radius 2 is 1.71 bits per heavy atom. The SMILES string of the molecule is CC(O)c1cc(Br)ccc1OCCOc1cccc(Br)c1. The number of ether oxygens (including phenoxy) is 2. The van der Waals surface area contributed by atoms with Crippen LogP contribution in [0.3, 0.4) is 0 Å². The fraction of sp³-hybridized carbons (Fsp3) is 0.250. The summed E-state index contributed by atoms with van der Waals surface area (Å²) in [5.41, 5.74) is 0.756. The first-order valence-corrected chi connectivity index (χ1v) is 8.13. The maximum absolute atomic E-state index is 9.76. The zero-order valence-electron chi connectivity index (χ0n) is 11.6. The van der Waals surface area contributed by atoms with Crippen molar-refractivity contribution in [2.75, 3.05) is 13.2 Å². The maximum Gasteiger partial charge on any atom is 0.125 e. The minimum absolute atomic E-state index is 0.411. The zero-order valence-corrected chi connectivity index (χ0v) is 14.7. The Morgan fingerprint density at radius 3 is 2.43 bits per heavy atom. The van der Waals surface area contributed by atoms with E-state index in [-0.39, 0.29) is 0 Å². The van der Waals surface area contributed by atoms with Crippen LogP contribution in [-0.4, -0.2) is 18.3 Å². The Bertz CT molecular complexity index is 600. The number of benzene rings is 2. The molecule has 0 heterocycles. The second-order valence-corrected chi connectivity index (χ2v) is 6.34. The number of aliphatic hydroxyl groups is 1. The molecule has 0 fully saturated rings. The molecular formula is C16H16Br2O3. The van der Waals surface area contributed by atoms with Crippen LogP contribution in [0.4, 0.5) is 0 Å². The van der Waals surface area contributed by atoms with Crippen LogP contribution in [0, 0.1) is 0 Å². The highest BCUT2D eigenvalue weighted by Crippen LogP contribution is 2.28. The van der Waals surface area contributed by atoms with Crippen molar-refractivity contribution in [1.82, 2.24) is 0 Å².